The van der Waals surface area contributed by atoms with Crippen LogP contribution in [0.5, 0.6) is 5.75 Å². The second-order valence-corrected chi connectivity index (χ2v) is 5.48. The van der Waals surface area contributed by atoms with Crippen molar-refractivity contribution in [2.75, 3.05) is 26.9 Å². The number of ether oxygens (including phenoxy) is 2. The largest absolute Gasteiger partial charge is 0.496 e. The maximum absolute atomic E-state index is 12.4. The highest BCUT2D eigenvalue weighted by Gasteiger charge is 2.13. The lowest BCUT2D eigenvalue weighted by Gasteiger charge is -2.11. The summed E-state index contributed by atoms with van der Waals surface area (Å²) in [7, 11) is 1.59. The molecule has 1 N–H and O–H groups in total. The minimum Gasteiger partial charge on any atom is -0.496 e. The maximum Gasteiger partial charge on any atom is 0.255 e. The van der Waals surface area contributed by atoms with E-state index in [-0.39, 0.29) is 5.91 Å². The third-order valence-electron chi connectivity index (χ3n) is 3.71. The van der Waals surface area contributed by atoms with Crippen LogP contribution in [0.2, 0.25) is 0 Å². The van der Waals surface area contributed by atoms with Gasteiger partial charge in [-0.2, -0.15) is 0 Å². The maximum atomic E-state index is 12.4. The monoisotopic (exact) mass is 315 g/mol. The number of hydrogen-bond acceptors (Lipinski definition) is 3. The predicted octanol–water partition coefficient (Wildman–Crippen LogP) is 3.79. The van der Waals surface area contributed by atoms with Gasteiger partial charge in [0.05, 0.1) is 12.7 Å². The molecule has 0 aliphatic heterocycles. The number of nitrogens with one attached hydrogen (secondary N) is 1. The molecular formula is C19H25NO3. The Kier molecular flexibility index (Phi) is 6.88. The molecule has 0 aromatic heterocycles. The molecule has 0 atom stereocenters. The number of carbonyl (C=O) groups is 1. The van der Waals surface area contributed by atoms with Crippen LogP contribution in [0.1, 0.15) is 36.5 Å². The average Bonchev–Trinajstić information content (AvgIpc) is 2.59. The van der Waals surface area contributed by atoms with Gasteiger partial charge < -0.3 is 14.8 Å². The third kappa shape index (κ3) is 4.96. The number of amides is 1. The highest BCUT2D eigenvalue weighted by atomic mass is 16.5. The van der Waals surface area contributed by atoms with E-state index in [4.69, 9.17) is 9.47 Å². The van der Waals surface area contributed by atoms with Crippen LogP contribution in [0.15, 0.2) is 36.4 Å². The Morgan fingerprint density at radius 1 is 1.09 bits per heavy atom. The molecular weight excluding hydrogens is 290 g/mol. The van der Waals surface area contributed by atoms with Gasteiger partial charge in [-0.15, -0.1) is 0 Å². The SMILES string of the molecule is CCCCOCCCNC(=O)c1cc2ccccc2cc1OC. The fourth-order valence-electron chi connectivity index (χ4n) is 2.39. The quantitative estimate of drug-likeness (QED) is 0.716. The molecule has 4 heteroatoms. The molecule has 0 fully saturated rings. The Labute approximate surface area is 137 Å². The third-order valence-corrected chi connectivity index (χ3v) is 3.71. The Bertz CT molecular complexity index is 640. The van der Waals surface area contributed by atoms with Gasteiger partial charge in [-0.05, 0) is 35.7 Å². The zero-order valence-corrected chi connectivity index (χ0v) is 13.9. The van der Waals surface area contributed by atoms with Crippen LogP contribution in [0.4, 0.5) is 0 Å². The fraction of sp³-hybridized carbons (Fsp3) is 0.421. The molecule has 2 rings (SSSR count). The molecule has 2 aromatic rings. The van der Waals surface area contributed by atoms with E-state index in [2.05, 4.69) is 12.2 Å². The van der Waals surface area contributed by atoms with Crippen molar-refractivity contribution in [3.05, 3.63) is 42.0 Å². The number of benzene rings is 2. The number of rotatable bonds is 9. The van der Waals surface area contributed by atoms with Crippen LogP contribution in [-0.2, 0) is 4.74 Å². The van der Waals surface area contributed by atoms with E-state index in [9.17, 15) is 4.79 Å². The van der Waals surface area contributed by atoms with Gasteiger partial charge in [-0.1, -0.05) is 37.6 Å². The molecule has 0 aliphatic carbocycles. The lowest BCUT2D eigenvalue weighted by atomic mass is 10.1. The molecule has 0 saturated heterocycles. The summed E-state index contributed by atoms with van der Waals surface area (Å²) < 4.78 is 10.8. The first kappa shape index (κ1) is 17.3. The highest BCUT2D eigenvalue weighted by molar-refractivity contribution is 6.01. The van der Waals surface area contributed by atoms with Crippen LogP contribution >= 0.6 is 0 Å². The van der Waals surface area contributed by atoms with E-state index >= 15 is 0 Å². The summed E-state index contributed by atoms with van der Waals surface area (Å²) in [4.78, 5) is 12.4. The van der Waals surface area contributed by atoms with Crippen LogP contribution in [0.25, 0.3) is 10.8 Å². The van der Waals surface area contributed by atoms with E-state index in [1.807, 2.05) is 36.4 Å². The van der Waals surface area contributed by atoms with Gasteiger partial charge in [0.15, 0.2) is 0 Å². The smallest absolute Gasteiger partial charge is 0.255 e. The zero-order valence-electron chi connectivity index (χ0n) is 13.9. The second kappa shape index (κ2) is 9.16. The lowest BCUT2D eigenvalue weighted by Crippen LogP contribution is -2.25. The molecule has 0 radical (unpaired) electrons. The summed E-state index contributed by atoms with van der Waals surface area (Å²) in [6, 6.07) is 11.7. The van der Waals surface area contributed by atoms with Gasteiger partial charge in [0.2, 0.25) is 0 Å². The minimum absolute atomic E-state index is 0.110. The van der Waals surface area contributed by atoms with Crippen molar-refractivity contribution in [1.29, 1.82) is 0 Å². The Morgan fingerprint density at radius 3 is 2.48 bits per heavy atom. The van der Waals surface area contributed by atoms with Gasteiger partial charge >= 0.3 is 0 Å². The summed E-state index contributed by atoms with van der Waals surface area (Å²) in [5, 5.41) is 5.02. The molecule has 1 amide bonds. The predicted molar refractivity (Wildman–Crippen MR) is 93.2 cm³/mol. The zero-order chi connectivity index (χ0) is 16.5. The molecule has 0 heterocycles. The summed E-state index contributed by atoms with van der Waals surface area (Å²) in [5.74, 6) is 0.488. The number of methoxy groups -OCH3 is 1. The number of unbranched alkanes of at least 4 members (excludes halogenated alkanes) is 1. The van der Waals surface area contributed by atoms with Gasteiger partial charge in [0.25, 0.3) is 5.91 Å². The fourth-order valence-corrected chi connectivity index (χ4v) is 2.39. The number of carbonyl (C=O) groups excluding carboxylic acids is 1. The molecule has 124 valence electrons. The number of fused-ring (bicyclic) bond motifs is 1. The Balaban J connectivity index is 1.92. The topological polar surface area (TPSA) is 47.6 Å². The van der Waals surface area contributed by atoms with Crippen LogP contribution in [-0.4, -0.2) is 32.8 Å². The first-order valence-corrected chi connectivity index (χ1v) is 8.19. The van der Waals surface area contributed by atoms with Crippen molar-refractivity contribution in [2.24, 2.45) is 0 Å². The molecule has 0 bridgehead atoms. The van der Waals surface area contributed by atoms with E-state index in [1.54, 1.807) is 7.11 Å². The van der Waals surface area contributed by atoms with Gasteiger partial charge in [0.1, 0.15) is 5.75 Å². The average molecular weight is 315 g/mol. The molecule has 0 saturated carbocycles. The molecule has 23 heavy (non-hydrogen) atoms. The van der Waals surface area contributed by atoms with Gasteiger partial charge in [-0.25, -0.2) is 0 Å². The first-order valence-electron chi connectivity index (χ1n) is 8.19. The van der Waals surface area contributed by atoms with Crippen molar-refractivity contribution in [3.8, 4) is 5.75 Å². The molecule has 4 nitrogen and oxygen atoms in total. The first-order chi connectivity index (χ1) is 11.3. The van der Waals surface area contributed by atoms with Crippen molar-refractivity contribution >= 4 is 16.7 Å². The van der Waals surface area contributed by atoms with E-state index in [1.165, 1.54) is 0 Å². The summed E-state index contributed by atoms with van der Waals surface area (Å²) in [6.45, 7) is 4.21. The van der Waals surface area contributed by atoms with Crippen molar-refractivity contribution < 1.29 is 14.3 Å². The highest BCUT2D eigenvalue weighted by Crippen LogP contribution is 2.25. The summed E-state index contributed by atoms with van der Waals surface area (Å²) >= 11 is 0. The summed E-state index contributed by atoms with van der Waals surface area (Å²) in [6.07, 6.45) is 3.03. The Morgan fingerprint density at radius 2 is 1.78 bits per heavy atom. The van der Waals surface area contributed by atoms with Gasteiger partial charge in [-0.3, -0.25) is 4.79 Å². The van der Waals surface area contributed by atoms with Crippen molar-refractivity contribution in [1.82, 2.24) is 5.32 Å². The molecule has 0 unspecified atom stereocenters. The van der Waals surface area contributed by atoms with E-state index < -0.39 is 0 Å². The van der Waals surface area contributed by atoms with Crippen LogP contribution in [0.3, 0.4) is 0 Å². The van der Waals surface area contributed by atoms with Crippen LogP contribution in [0, 0.1) is 0 Å². The molecule has 0 spiro atoms. The standard InChI is InChI=1S/C19H25NO3/c1-3-4-11-23-12-7-10-20-19(21)17-13-15-8-5-6-9-16(15)14-18(17)22-2/h5-6,8-9,13-14H,3-4,7,10-12H2,1-2H3,(H,20,21). The second-order valence-electron chi connectivity index (χ2n) is 5.48. The number of hydrogen-bond donors (Lipinski definition) is 1. The van der Waals surface area contributed by atoms with Crippen molar-refractivity contribution in [2.45, 2.75) is 26.2 Å². The normalized spacial score (nSPS) is 10.7. The lowest BCUT2D eigenvalue weighted by molar-refractivity contribution is 0.0937. The van der Waals surface area contributed by atoms with E-state index in [0.29, 0.717) is 24.5 Å². The van der Waals surface area contributed by atoms with E-state index in [0.717, 1.165) is 36.6 Å². The van der Waals surface area contributed by atoms with Crippen molar-refractivity contribution in [3.63, 3.8) is 0 Å². The molecule has 2 aromatic carbocycles. The molecule has 0 aliphatic rings. The minimum atomic E-state index is -0.110. The van der Waals surface area contributed by atoms with Gasteiger partial charge in [0, 0.05) is 19.8 Å². The van der Waals surface area contributed by atoms with Crippen LogP contribution < -0.4 is 10.1 Å². The Hall–Kier alpha value is -2.07. The summed E-state index contributed by atoms with van der Waals surface area (Å²) in [5.41, 5.74) is 0.568.